The lowest BCUT2D eigenvalue weighted by Crippen LogP contribution is -2.33. The number of nitrogens with zero attached hydrogens (tertiary/aromatic N) is 1. The number of anilines is 2. The minimum Gasteiger partial charge on any atom is -0.480 e. The molecule has 0 radical (unpaired) electrons. The number of cyclic esters (lactones) is 1. The molecule has 8 nitrogen and oxygen atoms in total. The fourth-order valence-electron chi connectivity index (χ4n) is 2.08. The maximum absolute atomic E-state index is 13.9. The Morgan fingerprint density at radius 3 is 2.83 bits per heavy atom. The van der Waals surface area contributed by atoms with Gasteiger partial charge in [-0.2, -0.15) is 0 Å². The quantitative estimate of drug-likeness (QED) is 0.713. The summed E-state index contributed by atoms with van der Waals surface area (Å²) in [4.78, 5) is 34.4. The van der Waals surface area contributed by atoms with Crippen LogP contribution in [0.5, 0.6) is 0 Å². The number of nitrogens with one attached hydrogen (secondary N) is 2. The van der Waals surface area contributed by atoms with Crippen molar-refractivity contribution in [2.24, 2.45) is 0 Å². The topological polar surface area (TPSA) is 108 Å². The van der Waals surface area contributed by atoms with Crippen LogP contribution in [0.4, 0.5) is 20.6 Å². The Balaban J connectivity index is 2.04. The normalized spacial score (nSPS) is 16.9. The number of hydrogen-bond donors (Lipinski definition) is 3. The van der Waals surface area contributed by atoms with Crippen LogP contribution in [0.25, 0.3) is 0 Å². The lowest BCUT2D eigenvalue weighted by molar-refractivity contribution is -0.135. The Morgan fingerprint density at radius 1 is 1.48 bits per heavy atom. The van der Waals surface area contributed by atoms with Crippen molar-refractivity contribution in [3.63, 3.8) is 0 Å². The van der Waals surface area contributed by atoms with Gasteiger partial charge in [0.1, 0.15) is 18.5 Å². The van der Waals surface area contributed by atoms with E-state index in [1.165, 1.54) is 24.0 Å². The summed E-state index contributed by atoms with van der Waals surface area (Å²) in [6.45, 7) is 1.30. The molecule has 0 spiro atoms. The standard InChI is InChI=1S/C14H16FN3O5/c1-8(19)16-5-10-7-18(14(22)23-10)9-2-3-12(11(15)4-9)17-6-13(20)21/h2-4,10,17H,5-7H2,1H3,(H,16,19)(H,20,21)/t10-/m0/s1. The van der Waals surface area contributed by atoms with Gasteiger partial charge in [-0.05, 0) is 18.2 Å². The molecule has 1 aliphatic heterocycles. The highest BCUT2D eigenvalue weighted by molar-refractivity contribution is 5.90. The van der Waals surface area contributed by atoms with Crippen molar-refractivity contribution in [3.8, 4) is 0 Å². The van der Waals surface area contributed by atoms with Gasteiger partial charge in [0, 0.05) is 6.92 Å². The molecule has 2 amide bonds. The number of carbonyl (C=O) groups is 3. The Labute approximate surface area is 131 Å². The van der Waals surface area contributed by atoms with E-state index in [1.807, 2.05) is 0 Å². The zero-order valence-electron chi connectivity index (χ0n) is 12.3. The van der Waals surface area contributed by atoms with Crippen LogP contribution in [-0.4, -0.2) is 48.8 Å². The molecule has 1 atom stereocenters. The summed E-state index contributed by atoms with van der Waals surface area (Å²) in [6.07, 6.45) is -1.15. The van der Waals surface area contributed by atoms with Crippen molar-refractivity contribution in [1.82, 2.24) is 5.32 Å². The first-order chi connectivity index (χ1) is 10.9. The van der Waals surface area contributed by atoms with Gasteiger partial charge in [0.2, 0.25) is 5.91 Å². The highest BCUT2D eigenvalue weighted by Gasteiger charge is 2.32. The minimum absolute atomic E-state index is 0.0264. The maximum Gasteiger partial charge on any atom is 0.414 e. The van der Waals surface area contributed by atoms with Crippen molar-refractivity contribution in [3.05, 3.63) is 24.0 Å². The lowest BCUT2D eigenvalue weighted by Gasteiger charge is -2.14. The first kappa shape index (κ1) is 16.5. The number of carbonyl (C=O) groups excluding carboxylic acids is 2. The molecule has 124 valence electrons. The third kappa shape index (κ3) is 4.31. The largest absolute Gasteiger partial charge is 0.480 e. The van der Waals surface area contributed by atoms with Crippen molar-refractivity contribution in [1.29, 1.82) is 0 Å². The minimum atomic E-state index is -1.11. The van der Waals surface area contributed by atoms with Gasteiger partial charge < -0.3 is 20.5 Å². The predicted molar refractivity (Wildman–Crippen MR) is 78.8 cm³/mol. The maximum atomic E-state index is 13.9. The molecule has 9 heteroatoms. The van der Waals surface area contributed by atoms with Gasteiger partial charge in [0.25, 0.3) is 0 Å². The fraction of sp³-hybridized carbons (Fsp3) is 0.357. The molecule has 1 heterocycles. The summed E-state index contributed by atoms with van der Waals surface area (Å²) in [6, 6.07) is 3.95. The molecule has 3 N–H and O–H groups in total. The molecule has 1 saturated heterocycles. The van der Waals surface area contributed by atoms with E-state index in [4.69, 9.17) is 9.84 Å². The molecular weight excluding hydrogens is 309 g/mol. The zero-order valence-corrected chi connectivity index (χ0v) is 12.3. The van der Waals surface area contributed by atoms with Gasteiger partial charge in [-0.1, -0.05) is 0 Å². The van der Waals surface area contributed by atoms with Crippen LogP contribution in [0.2, 0.25) is 0 Å². The average molecular weight is 325 g/mol. The highest BCUT2D eigenvalue weighted by Crippen LogP contribution is 2.25. The average Bonchev–Trinajstić information content (AvgIpc) is 2.84. The van der Waals surface area contributed by atoms with Gasteiger partial charge in [-0.15, -0.1) is 0 Å². The van der Waals surface area contributed by atoms with Crippen LogP contribution in [0, 0.1) is 5.82 Å². The number of carboxylic acid groups (broad SMARTS) is 1. The molecule has 1 fully saturated rings. The number of benzene rings is 1. The van der Waals surface area contributed by atoms with E-state index in [9.17, 15) is 18.8 Å². The summed E-state index contributed by atoms with van der Waals surface area (Å²) in [5.74, 6) is -2.03. The second-order valence-corrected chi connectivity index (χ2v) is 4.96. The molecule has 1 aromatic rings. The summed E-state index contributed by atoms with van der Waals surface area (Å²) in [5, 5.41) is 13.5. The van der Waals surface area contributed by atoms with Gasteiger partial charge in [0.15, 0.2) is 0 Å². The van der Waals surface area contributed by atoms with E-state index < -0.39 is 30.5 Å². The molecule has 1 aromatic carbocycles. The first-order valence-corrected chi connectivity index (χ1v) is 6.84. The van der Waals surface area contributed by atoms with Crippen LogP contribution >= 0.6 is 0 Å². The van der Waals surface area contributed by atoms with E-state index in [0.29, 0.717) is 5.69 Å². The van der Waals surface area contributed by atoms with Gasteiger partial charge in [0.05, 0.1) is 24.5 Å². The number of aliphatic carboxylic acids is 1. The summed E-state index contributed by atoms with van der Waals surface area (Å²) in [5.41, 5.74) is 0.317. The van der Waals surface area contributed by atoms with E-state index in [1.54, 1.807) is 0 Å². The Bertz CT molecular complexity index is 637. The Morgan fingerprint density at radius 2 is 2.22 bits per heavy atom. The number of amides is 2. The Kier molecular flexibility index (Phi) is 4.99. The molecule has 23 heavy (non-hydrogen) atoms. The van der Waals surface area contributed by atoms with Crippen LogP contribution in [-0.2, 0) is 14.3 Å². The summed E-state index contributed by atoms with van der Waals surface area (Å²) >= 11 is 0. The Hall–Kier alpha value is -2.84. The molecular formula is C14H16FN3O5. The summed E-state index contributed by atoms with van der Waals surface area (Å²) in [7, 11) is 0. The van der Waals surface area contributed by atoms with Gasteiger partial charge in [-0.3, -0.25) is 14.5 Å². The second-order valence-electron chi connectivity index (χ2n) is 4.96. The number of carboxylic acids is 1. The fourth-order valence-corrected chi connectivity index (χ4v) is 2.08. The van der Waals surface area contributed by atoms with Gasteiger partial charge in [-0.25, -0.2) is 9.18 Å². The third-order valence-electron chi connectivity index (χ3n) is 3.15. The SMILES string of the molecule is CC(=O)NC[C@H]1CN(c2ccc(NCC(=O)O)c(F)c2)C(=O)O1. The number of hydrogen-bond acceptors (Lipinski definition) is 5. The molecule has 0 unspecified atom stereocenters. The first-order valence-electron chi connectivity index (χ1n) is 6.84. The molecule has 0 bridgehead atoms. The monoisotopic (exact) mass is 325 g/mol. The number of ether oxygens (including phenoxy) is 1. The van der Waals surface area contributed by atoms with Crippen molar-refractivity contribution >= 4 is 29.3 Å². The van der Waals surface area contributed by atoms with E-state index >= 15 is 0 Å². The third-order valence-corrected chi connectivity index (χ3v) is 3.15. The van der Waals surface area contributed by atoms with Crippen molar-refractivity contribution in [2.45, 2.75) is 13.0 Å². The predicted octanol–water partition coefficient (Wildman–Crippen LogP) is 0.783. The smallest absolute Gasteiger partial charge is 0.414 e. The van der Waals surface area contributed by atoms with E-state index in [0.717, 1.165) is 6.07 Å². The molecule has 0 saturated carbocycles. The van der Waals surface area contributed by atoms with Crippen LogP contribution in [0.1, 0.15) is 6.92 Å². The second kappa shape index (κ2) is 6.95. The number of halogens is 1. The van der Waals surface area contributed by atoms with Crippen LogP contribution in [0.3, 0.4) is 0 Å². The van der Waals surface area contributed by atoms with E-state index in [2.05, 4.69) is 10.6 Å². The summed E-state index contributed by atoms with van der Waals surface area (Å²) < 4.78 is 19.0. The number of rotatable bonds is 6. The lowest BCUT2D eigenvalue weighted by atomic mass is 10.2. The van der Waals surface area contributed by atoms with Crippen molar-refractivity contribution < 1.29 is 28.6 Å². The molecule has 1 aliphatic rings. The molecule has 0 aromatic heterocycles. The van der Waals surface area contributed by atoms with Crippen LogP contribution < -0.4 is 15.5 Å². The zero-order chi connectivity index (χ0) is 17.0. The van der Waals surface area contributed by atoms with E-state index in [-0.39, 0.29) is 24.7 Å². The highest BCUT2D eigenvalue weighted by atomic mass is 19.1. The molecule has 0 aliphatic carbocycles. The van der Waals surface area contributed by atoms with Crippen molar-refractivity contribution in [2.75, 3.05) is 29.9 Å². The van der Waals surface area contributed by atoms with Gasteiger partial charge >= 0.3 is 12.1 Å². The molecule has 2 rings (SSSR count). The van der Waals surface area contributed by atoms with Crippen LogP contribution in [0.15, 0.2) is 18.2 Å².